The van der Waals surface area contributed by atoms with Crippen molar-refractivity contribution in [3.05, 3.63) is 22.4 Å². The molecule has 0 aliphatic carbocycles. The van der Waals surface area contributed by atoms with E-state index in [1.165, 1.54) is 30.0 Å². The summed E-state index contributed by atoms with van der Waals surface area (Å²) in [6.45, 7) is 1.28. The minimum Gasteiger partial charge on any atom is -0.480 e. The van der Waals surface area contributed by atoms with E-state index in [4.69, 9.17) is 5.11 Å². The van der Waals surface area contributed by atoms with Crippen LogP contribution < -0.4 is 5.32 Å². The smallest absolute Gasteiger partial charge is 0.327 e. The molecule has 0 saturated carbocycles. The van der Waals surface area contributed by atoms with Crippen LogP contribution in [0.25, 0.3) is 0 Å². The number of hydrogen-bond acceptors (Lipinski definition) is 5. The highest BCUT2D eigenvalue weighted by Crippen LogP contribution is 2.14. The number of thioether (sulfide) groups is 1. The van der Waals surface area contributed by atoms with Crippen LogP contribution in [0.3, 0.4) is 0 Å². The monoisotopic (exact) mass is 301 g/mol. The largest absolute Gasteiger partial charge is 0.480 e. The quantitative estimate of drug-likeness (QED) is 0.563. The fraction of sp³-hybridized carbons (Fsp3) is 0.417. The van der Waals surface area contributed by atoms with Gasteiger partial charge in [0.2, 0.25) is 5.91 Å². The number of hydrogen-bond donors (Lipinski definition) is 2. The number of carbonyl (C=O) groups is 3. The van der Waals surface area contributed by atoms with Crippen molar-refractivity contribution in [3.63, 3.8) is 0 Å². The van der Waals surface area contributed by atoms with E-state index < -0.39 is 12.0 Å². The van der Waals surface area contributed by atoms with Gasteiger partial charge in [-0.3, -0.25) is 9.59 Å². The summed E-state index contributed by atoms with van der Waals surface area (Å²) < 4.78 is 0. The molecule has 1 aromatic heterocycles. The molecule has 0 aromatic carbocycles. The first kappa shape index (κ1) is 15.7. The molecule has 0 spiro atoms. The standard InChI is InChI=1S/C12H15NO4S2/c1-8(14)13-9(12(16)17)7-18-6-4-10(15)11-3-2-5-19-11/h2-3,5,9H,4,6-7H2,1H3,(H,13,14)(H,16,17)/t9-/m0/s1. The first-order chi connectivity index (χ1) is 9.00. The second-order valence-electron chi connectivity index (χ2n) is 3.82. The Kier molecular flexibility index (Phi) is 6.58. The maximum absolute atomic E-state index is 11.7. The molecule has 0 bridgehead atoms. The lowest BCUT2D eigenvalue weighted by molar-refractivity contribution is -0.140. The van der Waals surface area contributed by atoms with Crippen LogP contribution in [0, 0.1) is 0 Å². The Morgan fingerprint density at radius 3 is 2.74 bits per heavy atom. The van der Waals surface area contributed by atoms with Gasteiger partial charge in [-0.15, -0.1) is 11.3 Å². The average Bonchev–Trinajstić information content (AvgIpc) is 2.85. The van der Waals surface area contributed by atoms with Crippen LogP contribution in [0.1, 0.15) is 23.0 Å². The minimum atomic E-state index is -1.06. The summed E-state index contributed by atoms with van der Waals surface area (Å²) in [5.41, 5.74) is 0. The van der Waals surface area contributed by atoms with Gasteiger partial charge in [-0.2, -0.15) is 11.8 Å². The summed E-state index contributed by atoms with van der Waals surface area (Å²) in [5, 5.41) is 13.1. The predicted molar refractivity (Wildman–Crippen MR) is 75.8 cm³/mol. The Morgan fingerprint density at radius 2 is 2.21 bits per heavy atom. The van der Waals surface area contributed by atoms with Gasteiger partial charge in [-0.25, -0.2) is 4.79 Å². The molecule has 0 unspecified atom stereocenters. The van der Waals surface area contributed by atoms with Crippen LogP contribution >= 0.6 is 23.1 Å². The normalized spacial score (nSPS) is 11.8. The number of carboxylic acid groups (broad SMARTS) is 1. The molecule has 1 aromatic rings. The first-order valence-corrected chi connectivity index (χ1v) is 7.68. The second kappa shape index (κ2) is 7.96. The summed E-state index contributed by atoms with van der Waals surface area (Å²) in [6.07, 6.45) is 0.373. The predicted octanol–water partition coefficient (Wildman–Crippen LogP) is 1.64. The SMILES string of the molecule is CC(=O)N[C@@H](CSCCC(=O)c1cccs1)C(=O)O. The van der Waals surface area contributed by atoms with Crippen LogP contribution in [-0.4, -0.2) is 40.3 Å². The van der Waals surface area contributed by atoms with Crippen LogP contribution in [0.4, 0.5) is 0 Å². The van der Waals surface area contributed by atoms with Crippen LogP contribution in [0.15, 0.2) is 17.5 Å². The summed E-state index contributed by atoms with van der Waals surface area (Å²) in [5.74, 6) is -0.573. The lowest BCUT2D eigenvalue weighted by Crippen LogP contribution is -2.41. The number of carboxylic acids is 1. The Hall–Kier alpha value is -1.34. The van der Waals surface area contributed by atoms with E-state index in [1.807, 2.05) is 11.4 Å². The number of carbonyl (C=O) groups excluding carboxylic acids is 2. The fourth-order valence-electron chi connectivity index (χ4n) is 1.35. The van der Waals surface area contributed by atoms with Gasteiger partial charge in [-0.1, -0.05) is 6.07 Å². The van der Waals surface area contributed by atoms with Gasteiger partial charge in [0, 0.05) is 24.9 Å². The van der Waals surface area contributed by atoms with Crippen molar-refractivity contribution in [2.75, 3.05) is 11.5 Å². The van der Waals surface area contributed by atoms with Crippen molar-refractivity contribution in [1.82, 2.24) is 5.32 Å². The van der Waals surface area contributed by atoms with Gasteiger partial charge in [0.05, 0.1) is 4.88 Å². The molecule has 1 heterocycles. The topological polar surface area (TPSA) is 83.5 Å². The third-order valence-electron chi connectivity index (χ3n) is 2.23. The molecule has 7 heteroatoms. The van der Waals surface area contributed by atoms with Crippen molar-refractivity contribution in [1.29, 1.82) is 0 Å². The molecule has 19 heavy (non-hydrogen) atoms. The van der Waals surface area contributed by atoms with Crippen LogP contribution in [0.5, 0.6) is 0 Å². The number of Topliss-reactive ketones (excluding diaryl/α,β-unsaturated/α-hetero) is 1. The van der Waals surface area contributed by atoms with E-state index in [0.29, 0.717) is 12.2 Å². The number of thiophene rings is 1. The lowest BCUT2D eigenvalue weighted by Gasteiger charge is -2.12. The van der Waals surface area contributed by atoms with E-state index in [0.717, 1.165) is 4.88 Å². The molecule has 0 fully saturated rings. The van der Waals surface area contributed by atoms with E-state index in [1.54, 1.807) is 6.07 Å². The molecular formula is C12H15NO4S2. The molecule has 0 radical (unpaired) electrons. The average molecular weight is 301 g/mol. The molecule has 104 valence electrons. The molecular weight excluding hydrogens is 286 g/mol. The Morgan fingerprint density at radius 1 is 1.47 bits per heavy atom. The van der Waals surface area contributed by atoms with Crippen molar-refractivity contribution in [2.45, 2.75) is 19.4 Å². The molecule has 0 aliphatic rings. The minimum absolute atomic E-state index is 0.0638. The van der Waals surface area contributed by atoms with Crippen molar-refractivity contribution >= 4 is 40.8 Å². The molecule has 2 N–H and O–H groups in total. The molecule has 1 amide bonds. The second-order valence-corrected chi connectivity index (χ2v) is 5.91. The van der Waals surface area contributed by atoms with E-state index >= 15 is 0 Å². The third kappa shape index (κ3) is 5.89. The summed E-state index contributed by atoms with van der Waals surface area (Å²) in [6, 6.07) is 2.69. The number of nitrogens with one attached hydrogen (secondary N) is 1. The maximum atomic E-state index is 11.7. The molecule has 5 nitrogen and oxygen atoms in total. The number of aliphatic carboxylic acids is 1. The van der Waals surface area contributed by atoms with Crippen molar-refractivity contribution < 1.29 is 19.5 Å². The molecule has 0 aliphatic heterocycles. The summed E-state index contributed by atoms with van der Waals surface area (Å²) in [7, 11) is 0. The summed E-state index contributed by atoms with van der Waals surface area (Å²) in [4.78, 5) is 34.1. The maximum Gasteiger partial charge on any atom is 0.327 e. The van der Waals surface area contributed by atoms with Gasteiger partial charge in [0.15, 0.2) is 5.78 Å². The Bertz CT molecular complexity index is 445. The van der Waals surface area contributed by atoms with Crippen LogP contribution in [0.2, 0.25) is 0 Å². The Balaban J connectivity index is 2.27. The molecule has 1 rings (SSSR count). The highest BCUT2D eigenvalue weighted by Gasteiger charge is 2.18. The first-order valence-electron chi connectivity index (χ1n) is 5.65. The fourth-order valence-corrected chi connectivity index (χ4v) is 3.00. The zero-order valence-electron chi connectivity index (χ0n) is 10.4. The van der Waals surface area contributed by atoms with E-state index in [-0.39, 0.29) is 17.4 Å². The van der Waals surface area contributed by atoms with Gasteiger partial charge in [0.25, 0.3) is 0 Å². The van der Waals surface area contributed by atoms with Gasteiger partial charge >= 0.3 is 5.97 Å². The van der Waals surface area contributed by atoms with Gasteiger partial charge in [-0.05, 0) is 11.4 Å². The lowest BCUT2D eigenvalue weighted by atomic mass is 10.3. The zero-order valence-corrected chi connectivity index (χ0v) is 12.1. The number of ketones is 1. The third-order valence-corrected chi connectivity index (χ3v) is 4.20. The molecule has 0 saturated heterocycles. The molecule has 1 atom stereocenters. The van der Waals surface area contributed by atoms with Crippen LogP contribution in [-0.2, 0) is 9.59 Å². The van der Waals surface area contributed by atoms with Gasteiger partial charge < -0.3 is 10.4 Å². The highest BCUT2D eigenvalue weighted by atomic mass is 32.2. The Labute approximate surface area is 119 Å². The number of rotatable bonds is 8. The van der Waals surface area contributed by atoms with Gasteiger partial charge in [0.1, 0.15) is 6.04 Å². The van der Waals surface area contributed by atoms with Crippen molar-refractivity contribution in [2.24, 2.45) is 0 Å². The highest BCUT2D eigenvalue weighted by molar-refractivity contribution is 7.99. The van der Waals surface area contributed by atoms with Crippen molar-refractivity contribution in [3.8, 4) is 0 Å². The van der Waals surface area contributed by atoms with E-state index in [9.17, 15) is 14.4 Å². The number of amides is 1. The zero-order chi connectivity index (χ0) is 14.3. The summed E-state index contributed by atoms with van der Waals surface area (Å²) >= 11 is 2.74. The van der Waals surface area contributed by atoms with E-state index in [2.05, 4.69) is 5.32 Å².